The van der Waals surface area contributed by atoms with Gasteiger partial charge in [0.15, 0.2) is 13.9 Å². The summed E-state index contributed by atoms with van der Waals surface area (Å²) in [6.07, 6.45) is 0.730. The second-order valence-corrected chi connectivity index (χ2v) is 17.8. The van der Waals surface area contributed by atoms with Crippen LogP contribution in [0, 0.1) is 5.92 Å². The largest absolute Gasteiger partial charge is 0.497 e. The van der Waals surface area contributed by atoms with Crippen molar-refractivity contribution < 1.29 is 34.1 Å². The molecule has 6 rings (SSSR count). The monoisotopic (exact) mass is 699 g/mol. The first kappa shape index (κ1) is 35.4. The van der Waals surface area contributed by atoms with E-state index in [1.807, 2.05) is 86.9 Å². The molecule has 1 unspecified atom stereocenters. The van der Waals surface area contributed by atoms with Crippen molar-refractivity contribution >= 4 is 31.5 Å². The zero-order chi connectivity index (χ0) is 35.8. The van der Waals surface area contributed by atoms with E-state index in [1.165, 1.54) is 6.92 Å². The number of amides is 2. The molecule has 3 heterocycles. The molecule has 3 aromatic carbocycles. The van der Waals surface area contributed by atoms with E-state index in [-0.39, 0.29) is 36.4 Å². The molecule has 6 atom stereocenters. The number of carbonyl (C=O) groups is 2. The first-order chi connectivity index (χ1) is 23.9. The Labute approximate surface area is 292 Å². The first-order valence-electron chi connectivity index (χ1n) is 16.9. The summed E-state index contributed by atoms with van der Waals surface area (Å²) >= 11 is 0. The van der Waals surface area contributed by atoms with Crippen LogP contribution in [-0.4, -0.2) is 76.1 Å². The summed E-state index contributed by atoms with van der Waals surface area (Å²) < 4.78 is 14.3. The van der Waals surface area contributed by atoms with E-state index in [9.17, 15) is 24.6 Å². The van der Waals surface area contributed by atoms with E-state index in [0.717, 1.165) is 11.1 Å². The van der Waals surface area contributed by atoms with Gasteiger partial charge in [0.25, 0.3) is 11.8 Å². The molecule has 0 radical (unpaired) electrons. The first-order valence-corrected chi connectivity index (χ1v) is 19.9. The molecule has 1 saturated heterocycles. The standard InChI is InChI=1S/C37H45N5O7Si/c1-23-34(50(4,5)47)33(17-18-41-21-31(39-40-41)29(22-43)26-9-7-6-8-10-26)49-37(23)30-19-28(48-3)15-16-32(30)42(36(37)46)20-25-11-13-27(14-12-25)38-35(45)24(2)44/h6-16,19,21,23-24,29,33-34,43-44,47H,17-18,20,22H2,1-5H3,(H,38,45)/t23-,24-,29?,33+,34-,37+/m0/s1. The van der Waals surface area contributed by atoms with Crippen molar-refractivity contribution in [1.82, 2.24) is 15.0 Å². The third kappa shape index (κ3) is 6.59. The van der Waals surface area contributed by atoms with Crippen LogP contribution in [0.5, 0.6) is 5.75 Å². The highest BCUT2D eigenvalue weighted by Gasteiger charge is 2.66. The van der Waals surface area contributed by atoms with Crippen LogP contribution >= 0.6 is 0 Å². The molecular formula is C37H45N5O7Si. The summed E-state index contributed by atoms with van der Waals surface area (Å²) in [7, 11) is -1.32. The fourth-order valence-electron chi connectivity index (χ4n) is 7.63. The van der Waals surface area contributed by atoms with Crippen LogP contribution < -0.4 is 15.0 Å². The smallest absolute Gasteiger partial charge is 0.264 e. The topological polar surface area (TPSA) is 159 Å². The van der Waals surface area contributed by atoms with Crippen LogP contribution in [0.2, 0.25) is 18.6 Å². The number of methoxy groups -OCH3 is 1. The molecule has 0 bridgehead atoms. The van der Waals surface area contributed by atoms with Gasteiger partial charge in [-0.25, -0.2) is 0 Å². The maximum absolute atomic E-state index is 14.8. The molecule has 12 nitrogen and oxygen atoms in total. The molecule has 2 aliphatic heterocycles. The minimum atomic E-state index is -2.90. The molecule has 1 spiro atoms. The molecular weight excluding hydrogens is 655 g/mol. The Morgan fingerprint density at radius 1 is 1.12 bits per heavy atom. The lowest BCUT2D eigenvalue weighted by Crippen LogP contribution is -2.46. The van der Waals surface area contributed by atoms with E-state index in [1.54, 1.807) is 28.8 Å². The number of aliphatic hydroxyl groups is 2. The van der Waals surface area contributed by atoms with Crippen molar-refractivity contribution in [2.75, 3.05) is 23.9 Å². The summed E-state index contributed by atoms with van der Waals surface area (Å²) in [4.78, 5) is 40.2. The number of aliphatic hydroxyl groups excluding tert-OH is 2. The van der Waals surface area contributed by atoms with E-state index >= 15 is 0 Å². The maximum atomic E-state index is 14.8. The number of carbonyl (C=O) groups excluding carboxylic acids is 2. The Morgan fingerprint density at radius 3 is 2.48 bits per heavy atom. The van der Waals surface area contributed by atoms with Crippen molar-refractivity contribution in [3.8, 4) is 5.75 Å². The molecule has 4 N–H and O–H groups in total. The number of hydrogen-bond acceptors (Lipinski definition) is 9. The van der Waals surface area contributed by atoms with Crippen LogP contribution in [-0.2, 0) is 33.0 Å². The molecule has 4 aromatic rings. The van der Waals surface area contributed by atoms with Crippen molar-refractivity contribution in [3.05, 3.63) is 101 Å². The van der Waals surface area contributed by atoms with Crippen LogP contribution in [0.3, 0.4) is 0 Å². The lowest BCUT2D eigenvalue weighted by molar-refractivity contribution is -0.146. The predicted molar refractivity (Wildman–Crippen MR) is 190 cm³/mol. The highest BCUT2D eigenvalue weighted by Crippen LogP contribution is 2.60. The van der Waals surface area contributed by atoms with Gasteiger partial charge >= 0.3 is 0 Å². The normalized spacial score (nSPS) is 22.8. The van der Waals surface area contributed by atoms with Gasteiger partial charge in [0.05, 0.1) is 43.7 Å². The van der Waals surface area contributed by atoms with Crippen molar-refractivity contribution in [1.29, 1.82) is 0 Å². The summed E-state index contributed by atoms with van der Waals surface area (Å²) in [5, 5.41) is 31.1. The van der Waals surface area contributed by atoms with E-state index in [2.05, 4.69) is 15.6 Å². The van der Waals surface area contributed by atoms with Gasteiger partial charge in [-0.2, -0.15) is 0 Å². The second kappa shape index (κ2) is 14.1. The van der Waals surface area contributed by atoms with Gasteiger partial charge in [0, 0.05) is 35.5 Å². The summed E-state index contributed by atoms with van der Waals surface area (Å²) in [6, 6.07) is 22.4. The van der Waals surface area contributed by atoms with E-state index < -0.39 is 32.0 Å². The fourth-order valence-corrected chi connectivity index (χ4v) is 10.2. The van der Waals surface area contributed by atoms with Crippen LogP contribution in [0.1, 0.15) is 48.6 Å². The van der Waals surface area contributed by atoms with Crippen LogP contribution in [0.25, 0.3) is 0 Å². The highest BCUT2D eigenvalue weighted by molar-refractivity contribution is 6.71. The summed E-state index contributed by atoms with van der Waals surface area (Å²) in [5.41, 5.74) is 2.77. The Morgan fingerprint density at radius 2 is 1.84 bits per heavy atom. The van der Waals surface area contributed by atoms with E-state index in [0.29, 0.717) is 41.3 Å². The lowest BCUT2D eigenvalue weighted by Gasteiger charge is -2.32. The minimum Gasteiger partial charge on any atom is -0.497 e. The maximum Gasteiger partial charge on any atom is 0.264 e. The summed E-state index contributed by atoms with van der Waals surface area (Å²) in [6.45, 7) is 7.78. The molecule has 0 saturated carbocycles. The van der Waals surface area contributed by atoms with Gasteiger partial charge in [-0.1, -0.05) is 54.6 Å². The van der Waals surface area contributed by atoms with Gasteiger partial charge < -0.3 is 34.7 Å². The number of hydrogen-bond donors (Lipinski definition) is 4. The van der Waals surface area contributed by atoms with Gasteiger partial charge in [-0.05, 0) is 67.9 Å². The number of aromatic nitrogens is 3. The Bertz CT molecular complexity index is 1830. The third-order valence-electron chi connectivity index (χ3n) is 10.1. The summed E-state index contributed by atoms with van der Waals surface area (Å²) in [5.74, 6) is -0.777. The number of fused-ring (bicyclic) bond motifs is 2. The molecule has 1 aromatic heterocycles. The Hall–Kier alpha value is -4.40. The van der Waals surface area contributed by atoms with Crippen LogP contribution in [0.4, 0.5) is 11.4 Å². The number of anilines is 2. The molecule has 264 valence electrons. The quantitative estimate of drug-likeness (QED) is 0.159. The number of benzene rings is 3. The number of nitrogens with one attached hydrogen (secondary N) is 1. The van der Waals surface area contributed by atoms with Crippen molar-refractivity contribution in [2.45, 2.75) is 75.7 Å². The highest BCUT2D eigenvalue weighted by atomic mass is 28.4. The molecule has 13 heteroatoms. The third-order valence-corrected chi connectivity index (χ3v) is 12.6. The van der Waals surface area contributed by atoms with Gasteiger partial charge in [-0.3, -0.25) is 14.3 Å². The van der Waals surface area contributed by atoms with Gasteiger partial charge in [0.2, 0.25) is 0 Å². The number of rotatable bonds is 12. The predicted octanol–water partition coefficient (Wildman–Crippen LogP) is 4.17. The number of nitrogens with zero attached hydrogens (tertiary/aromatic N) is 4. The van der Waals surface area contributed by atoms with Crippen molar-refractivity contribution in [2.24, 2.45) is 5.92 Å². The average Bonchev–Trinajstić information content (AvgIpc) is 3.75. The molecule has 1 fully saturated rings. The molecule has 50 heavy (non-hydrogen) atoms. The molecule has 0 aliphatic carbocycles. The number of ether oxygens (including phenoxy) is 2. The average molecular weight is 700 g/mol. The molecule has 2 aliphatic rings. The number of aryl methyl sites for hydroxylation is 1. The van der Waals surface area contributed by atoms with E-state index in [4.69, 9.17) is 9.47 Å². The van der Waals surface area contributed by atoms with Gasteiger partial charge in [0.1, 0.15) is 11.9 Å². The van der Waals surface area contributed by atoms with Crippen molar-refractivity contribution in [3.63, 3.8) is 0 Å². The molecule has 2 amide bonds. The second-order valence-electron chi connectivity index (χ2n) is 13.8. The lowest BCUT2D eigenvalue weighted by atomic mass is 9.82. The van der Waals surface area contributed by atoms with Crippen LogP contribution in [0.15, 0.2) is 79.0 Å². The Kier molecular flexibility index (Phi) is 9.97. The minimum absolute atomic E-state index is 0.105. The SMILES string of the molecule is COc1ccc2c(c1)[C@@]1(O[C@H](CCn3cc(C(CO)c4ccccc4)nn3)[C@@H]([Si](C)(C)O)[C@@H]1C)C(=O)N2Cc1ccc(NC(=O)[C@H](C)O)cc1. The zero-order valence-electron chi connectivity index (χ0n) is 29.0. The Balaban J connectivity index is 1.28. The van der Waals surface area contributed by atoms with Gasteiger partial charge in [-0.15, -0.1) is 5.10 Å². The zero-order valence-corrected chi connectivity index (χ0v) is 30.0. The fraction of sp³-hybridized carbons (Fsp3) is 0.405.